The molecule has 82 valence electrons. The number of allylic oxidation sites excluding steroid dienone is 1. The number of rotatable bonds is 6. The molecule has 15 heavy (non-hydrogen) atoms. The number of hydrogen-bond acceptors (Lipinski definition) is 1. The normalized spacial score (nSPS) is 10.2. The van der Waals surface area contributed by atoms with Gasteiger partial charge in [-0.25, -0.2) is 0 Å². The molecule has 0 amide bonds. The Kier molecular flexibility index (Phi) is 4.96. The fourth-order valence-corrected chi connectivity index (χ4v) is 1.80. The van der Waals surface area contributed by atoms with Gasteiger partial charge in [0.25, 0.3) is 0 Å². The van der Waals surface area contributed by atoms with Crippen molar-refractivity contribution in [3.63, 3.8) is 0 Å². The number of aromatic hydroxyl groups is 1. The van der Waals surface area contributed by atoms with Gasteiger partial charge >= 0.3 is 0 Å². The van der Waals surface area contributed by atoms with Crippen LogP contribution in [0.3, 0.4) is 0 Å². The molecule has 1 rings (SSSR count). The van der Waals surface area contributed by atoms with Gasteiger partial charge in [-0.3, -0.25) is 0 Å². The molecule has 1 heteroatoms. The zero-order valence-corrected chi connectivity index (χ0v) is 9.50. The Balaban J connectivity index is 2.75. The van der Waals surface area contributed by atoms with Crippen molar-refractivity contribution in [1.82, 2.24) is 0 Å². The third-order valence-electron chi connectivity index (χ3n) is 2.65. The van der Waals surface area contributed by atoms with Gasteiger partial charge in [-0.2, -0.15) is 0 Å². The summed E-state index contributed by atoms with van der Waals surface area (Å²) in [6.45, 7) is 5.93. The molecule has 0 heterocycles. The van der Waals surface area contributed by atoms with E-state index in [-0.39, 0.29) is 0 Å². The maximum absolute atomic E-state index is 9.73. The lowest BCUT2D eigenvalue weighted by Gasteiger charge is -2.09. The summed E-state index contributed by atoms with van der Waals surface area (Å²) in [6.07, 6.45) is 7.35. The van der Waals surface area contributed by atoms with Crippen molar-refractivity contribution in [3.05, 3.63) is 42.0 Å². The second-order valence-electron chi connectivity index (χ2n) is 3.86. The molecule has 1 N–H and O–H groups in total. The van der Waals surface area contributed by atoms with Crippen molar-refractivity contribution < 1.29 is 5.11 Å². The van der Waals surface area contributed by atoms with Crippen LogP contribution in [-0.2, 0) is 12.8 Å². The van der Waals surface area contributed by atoms with E-state index in [1.54, 1.807) is 6.07 Å². The fourth-order valence-electron chi connectivity index (χ4n) is 1.80. The van der Waals surface area contributed by atoms with E-state index in [4.69, 9.17) is 0 Å². The molecule has 0 saturated heterocycles. The minimum Gasteiger partial charge on any atom is -0.508 e. The van der Waals surface area contributed by atoms with E-state index < -0.39 is 0 Å². The zero-order chi connectivity index (χ0) is 11.1. The van der Waals surface area contributed by atoms with E-state index in [1.165, 1.54) is 24.8 Å². The Bertz CT molecular complexity index is 315. The molecule has 0 aromatic heterocycles. The first-order chi connectivity index (χ1) is 7.29. The van der Waals surface area contributed by atoms with Crippen LogP contribution in [0.2, 0.25) is 0 Å². The summed E-state index contributed by atoms with van der Waals surface area (Å²) in [6, 6.07) is 5.78. The fraction of sp³-hybridized carbons (Fsp3) is 0.429. The van der Waals surface area contributed by atoms with Crippen molar-refractivity contribution >= 4 is 0 Å². The second kappa shape index (κ2) is 6.28. The Morgan fingerprint density at radius 3 is 2.80 bits per heavy atom. The molecular formula is C14H20O. The van der Waals surface area contributed by atoms with Crippen LogP contribution in [0.15, 0.2) is 30.9 Å². The third-order valence-corrected chi connectivity index (χ3v) is 2.65. The monoisotopic (exact) mass is 204 g/mol. The Morgan fingerprint density at radius 2 is 2.13 bits per heavy atom. The predicted molar refractivity (Wildman–Crippen MR) is 65.2 cm³/mol. The maximum atomic E-state index is 9.73. The molecule has 0 aliphatic rings. The van der Waals surface area contributed by atoms with Gasteiger partial charge in [0, 0.05) is 5.56 Å². The highest BCUT2D eigenvalue weighted by Crippen LogP contribution is 2.23. The molecular weight excluding hydrogens is 184 g/mol. The summed E-state index contributed by atoms with van der Waals surface area (Å²) in [7, 11) is 0. The highest BCUT2D eigenvalue weighted by atomic mass is 16.3. The molecule has 0 atom stereocenters. The average molecular weight is 204 g/mol. The van der Waals surface area contributed by atoms with Gasteiger partial charge in [0.05, 0.1) is 0 Å². The molecule has 0 aliphatic heterocycles. The van der Waals surface area contributed by atoms with Gasteiger partial charge in [0.1, 0.15) is 5.75 Å². The van der Waals surface area contributed by atoms with Gasteiger partial charge in [0.2, 0.25) is 0 Å². The summed E-state index contributed by atoms with van der Waals surface area (Å²) in [4.78, 5) is 0. The maximum Gasteiger partial charge on any atom is 0.119 e. The van der Waals surface area contributed by atoms with Crippen molar-refractivity contribution in [2.24, 2.45) is 0 Å². The van der Waals surface area contributed by atoms with E-state index in [0.717, 1.165) is 18.4 Å². The summed E-state index contributed by atoms with van der Waals surface area (Å²) in [5.74, 6) is 0.406. The highest BCUT2D eigenvalue weighted by molar-refractivity contribution is 5.40. The van der Waals surface area contributed by atoms with Crippen molar-refractivity contribution in [2.75, 3.05) is 0 Å². The summed E-state index contributed by atoms with van der Waals surface area (Å²) < 4.78 is 0. The van der Waals surface area contributed by atoms with Crippen LogP contribution >= 0.6 is 0 Å². The smallest absolute Gasteiger partial charge is 0.119 e. The first-order valence-corrected chi connectivity index (χ1v) is 5.70. The van der Waals surface area contributed by atoms with Gasteiger partial charge in [0.15, 0.2) is 0 Å². The standard InChI is InChI=1S/C14H20O/c1-3-5-6-9-12-10-7-11-14(15)13(12)8-4-2/h4,7,10-11,15H,2-3,5-6,8-9H2,1H3. The van der Waals surface area contributed by atoms with Gasteiger partial charge in [-0.1, -0.05) is 38.0 Å². The summed E-state index contributed by atoms with van der Waals surface area (Å²) in [5.41, 5.74) is 2.31. The second-order valence-corrected chi connectivity index (χ2v) is 3.86. The van der Waals surface area contributed by atoms with E-state index in [0.29, 0.717) is 5.75 Å². The largest absolute Gasteiger partial charge is 0.508 e. The summed E-state index contributed by atoms with van der Waals surface area (Å²) in [5, 5.41) is 9.73. The van der Waals surface area contributed by atoms with Crippen LogP contribution < -0.4 is 0 Å². The van der Waals surface area contributed by atoms with Crippen molar-refractivity contribution in [3.8, 4) is 5.75 Å². The number of aryl methyl sites for hydroxylation is 1. The number of phenolic OH excluding ortho intramolecular Hbond substituents is 1. The molecule has 0 spiro atoms. The summed E-state index contributed by atoms with van der Waals surface area (Å²) >= 11 is 0. The molecule has 0 aliphatic carbocycles. The highest BCUT2D eigenvalue weighted by Gasteiger charge is 2.05. The average Bonchev–Trinajstić information content (AvgIpc) is 2.23. The number of benzene rings is 1. The molecule has 1 aromatic rings. The van der Waals surface area contributed by atoms with E-state index in [1.807, 2.05) is 12.1 Å². The Hall–Kier alpha value is -1.24. The van der Waals surface area contributed by atoms with Crippen LogP contribution in [-0.4, -0.2) is 5.11 Å². The number of phenols is 1. The Morgan fingerprint density at radius 1 is 1.33 bits per heavy atom. The lowest BCUT2D eigenvalue weighted by molar-refractivity contribution is 0.468. The quantitative estimate of drug-likeness (QED) is 0.551. The lowest BCUT2D eigenvalue weighted by Crippen LogP contribution is -1.94. The lowest BCUT2D eigenvalue weighted by atomic mass is 9.98. The van der Waals surface area contributed by atoms with E-state index in [2.05, 4.69) is 19.6 Å². The topological polar surface area (TPSA) is 20.2 Å². The molecule has 1 aromatic carbocycles. The minimum atomic E-state index is 0.406. The van der Waals surface area contributed by atoms with Crippen molar-refractivity contribution in [1.29, 1.82) is 0 Å². The van der Waals surface area contributed by atoms with E-state index in [9.17, 15) is 5.11 Å². The Labute approximate surface area is 92.5 Å². The molecule has 0 fully saturated rings. The molecule has 0 saturated carbocycles. The van der Waals surface area contributed by atoms with Gasteiger partial charge < -0.3 is 5.11 Å². The number of hydrogen-bond donors (Lipinski definition) is 1. The van der Waals surface area contributed by atoms with Gasteiger partial charge in [-0.05, 0) is 30.9 Å². The molecule has 0 radical (unpaired) electrons. The minimum absolute atomic E-state index is 0.406. The zero-order valence-electron chi connectivity index (χ0n) is 9.50. The first-order valence-electron chi connectivity index (χ1n) is 5.70. The SMILES string of the molecule is C=CCc1c(O)cccc1CCCCC. The third kappa shape index (κ3) is 3.43. The van der Waals surface area contributed by atoms with E-state index >= 15 is 0 Å². The molecule has 0 unspecified atom stereocenters. The van der Waals surface area contributed by atoms with Crippen LogP contribution in [0.5, 0.6) is 5.75 Å². The van der Waals surface area contributed by atoms with Crippen molar-refractivity contribution in [2.45, 2.75) is 39.0 Å². The molecule has 0 bridgehead atoms. The predicted octanol–water partition coefficient (Wildman–Crippen LogP) is 3.85. The van der Waals surface area contributed by atoms with Crippen LogP contribution in [0.25, 0.3) is 0 Å². The van der Waals surface area contributed by atoms with Crippen LogP contribution in [0.1, 0.15) is 37.3 Å². The first kappa shape index (κ1) is 11.8. The number of unbranched alkanes of at least 4 members (excludes halogenated alkanes) is 2. The van der Waals surface area contributed by atoms with Crippen LogP contribution in [0.4, 0.5) is 0 Å². The van der Waals surface area contributed by atoms with Crippen LogP contribution in [0, 0.1) is 0 Å². The molecule has 1 nitrogen and oxygen atoms in total. The van der Waals surface area contributed by atoms with Gasteiger partial charge in [-0.15, -0.1) is 6.58 Å².